The summed E-state index contributed by atoms with van der Waals surface area (Å²) in [6.45, 7) is 9.26. The van der Waals surface area contributed by atoms with Crippen LogP contribution in [0.15, 0.2) is 72.8 Å². The topological polar surface area (TPSA) is 9.23 Å². The van der Waals surface area contributed by atoms with Crippen LogP contribution in [0.5, 0.6) is 11.5 Å². The van der Waals surface area contributed by atoms with Crippen LogP contribution >= 0.6 is 0 Å². The van der Waals surface area contributed by atoms with Gasteiger partial charge in [-0.1, -0.05) is 153 Å². The predicted molar refractivity (Wildman–Crippen MR) is 201 cm³/mol. The monoisotopic (exact) mass is 615 g/mol. The molecule has 0 bridgehead atoms. The van der Waals surface area contributed by atoms with Gasteiger partial charge in [0.2, 0.25) is 0 Å². The van der Waals surface area contributed by atoms with Crippen molar-refractivity contribution in [1.29, 1.82) is 0 Å². The van der Waals surface area contributed by atoms with Crippen LogP contribution in [0.3, 0.4) is 0 Å². The summed E-state index contributed by atoms with van der Waals surface area (Å²) in [5.74, 6) is 3.41. The summed E-state index contributed by atoms with van der Waals surface area (Å²) in [6.07, 6.45) is 38.4. The smallest absolute Gasteiger partial charge is 0.127 e. The molecule has 2 atom stereocenters. The molecule has 2 unspecified atom stereocenters. The Balaban J connectivity index is 1.65. The fourth-order valence-corrected chi connectivity index (χ4v) is 6.33. The number of rotatable bonds is 28. The summed E-state index contributed by atoms with van der Waals surface area (Å²) in [5.41, 5.74) is 2.86. The highest BCUT2D eigenvalue weighted by atomic mass is 16.5. The van der Waals surface area contributed by atoms with Crippen molar-refractivity contribution < 1.29 is 4.74 Å². The maximum atomic E-state index is 6.22. The Bertz CT molecular complexity index is 901. The van der Waals surface area contributed by atoms with Crippen molar-refractivity contribution in [2.75, 3.05) is 0 Å². The summed E-state index contributed by atoms with van der Waals surface area (Å²) in [4.78, 5) is 0. The lowest BCUT2D eigenvalue weighted by atomic mass is 9.91. The highest BCUT2D eigenvalue weighted by Gasteiger charge is 2.10. The molecule has 0 aromatic heterocycles. The van der Waals surface area contributed by atoms with Crippen molar-refractivity contribution in [2.24, 2.45) is 11.8 Å². The molecule has 1 nitrogen and oxygen atoms in total. The van der Waals surface area contributed by atoms with Crippen molar-refractivity contribution in [1.82, 2.24) is 0 Å². The molecule has 0 N–H and O–H groups in total. The molecule has 2 aromatic rings. The van der Waals surface area contributed by atoms with Gasteiger partial charge in [-0.3, -0.25) is 0 Å². The first-order valence-electron chi connectivity index (χ1n) is 19.3. The van der Waals surface area contributed by atoms with Gasteiger partial charge in [0, 0.05) is 0 Å². The molecule has 0 amide bonds. The lowest BCUT2D eigenvalue weighted by Gasteiger charge is -2.16. The predicted octanol–water partition coefficient (Wildman–Crippen LogP) is 14.8. The zero-order chi connectivity index (χ0) is 32.2. The van der Waals surface area contributed by atoms with Crippen LogP contribution in [0.1, 0.15) is 167 Å². The van der Waals surface area contributed by atoms with Crippen LogP contribution in [0.4, 0.5) is 0 Å². The van der Waals surface area contributed by atoms with Gasteiger partial charge in [-0.15, -0.1) is 0 Å². The van der Waals surface area contributed by atoms with Gasteiger partial charge in [0.05, 0.1) is 0 Å². The van der Waals surface area contributed by atoms with Gasteiger partial charge in [0.25, 0.3) is 0 Å². The first kappa shape index (κ1) is 38.9. The second-order valence-electron chi connectivity index (χ2n) is 13.6. The Labute approximate surface area is 280 Å². The van der Waals surface area contributed by atoms with Gasteiger partial charge < -0.3 is 4.74 Å². The van der Waals surface area contributed by atoms with E-state index in [4.69, 9.17) is 4.74 Å². The van der Waals surface area contributed by atoms with Gasteiger partial charge in [0.15, 0.2) is 0 Å². The molecule has 2 rings (SSSR count). The van der Waals surface area contributed by atoms with E-state index >= 15 is 0 Å². The van der Waals surface area contributed by atoms with Crippen molar-refractivity contribution in [2.45, 2.75) is 169 Å². The van der Waals surface area contributed by atoms with E-state index in [-0.39, 0.29) is 0 Å². The highest BCUT2D eigenvalue weighted by molar-refractivity contribution is 5.35. The maximum Gasteiger partial charge on any atom is 0.127 e. The lowest BCUT2D eigenvalue weighted by Crippen LogP contribution is -2.03. The van der Waals surface area contributed by atoms with Gasteiger partial charge in [-0.2, -0.15) is 0 Å². The van der Waals surface area contributed by atoms with Crippen LogP contribution in [0, 0.1) is 11.8 Å². The third-order valence-corrected chi connectivity index (χ3v) is 9.53. The number of unbranched alkanes of at least 4 members (excludes halogenated alkanes) is 12. The van der Waals surface area contributed by atoms with Gasteiger partial charge in [0.1, 0.15) is 11.5 Å². The number of hydrogen-bond acceptors (Lipinski definition) is 1. The molecule has 0 saturated heterocycles. The third-order valence-electron chi connectivity index (χ3n) is 9.53. The van der Waals surface area contributed by atoms with E-state index in [0.29, 0.717) is 0 Å². The largest absolute Gasteiger partial charge is 0.457 e. The molecule has 0 heterocycles. The SMILES string of the molecule is CCCCCC/C=C\CCCCC(CC)Cc1ccc(Oc2ccc(CC(CC)CCCC/C=C\CCCCCC)cc2)cc1. The first-order chi connectivity index (χ1) is 22.2. The Morgan fingerprint density at radius 1 is 0.444 bits per heavy atom. The zero-order valence-corrected chi connectivity index (χ0v) is 30.0. The molecule has 0 aliphatic rings. The van der Waals surface area contributed by atoms with E-state index in [9.17, 15) is 0 Å². The lowest BCUT2D eigenvalue weighted by molar-refractivity contribution is 0.443. The van der Waals surface area contributed by atoms with E-state index in [1.165, 1.54) is 152 Å². The van der Waals surface area contributed by atoms with Crippen molar-refractivity contribution in [3.8, 4) is 11.5 Å². The van der Waals surface area contributed by atoms with E-state index in [1.54, 1.807) is 0 Å². The highest BCUT2D eigenvalue weighted by Crippen LogP contribution is 2.26. The van der Waals surface area contributed by atoms with E-state index in [1.807, 2.05) is 0 Å². The Kier molecular flexibility index (Phi) is 23.2. The minimum absolute atomic E-state index is 0.774. The number of benzene rings is 2. The number of hydrogen-bond donors (Lipinski definition) is 0. The normalized spacial score (nSPS) is 13.2. The molecule has 0 fully saturated rings. The van der Waals surface area contributed by atoms with E-state index in [0.717, 1.165) is 23.3 Å². The van der Waals surface area contributed by atoms with Gasteiger partial charge >= 0.3 is 0 Å². The van der Waals surface area contributed by atoms with E-state index in [2.05, 4.69) is 101 Å². The average Bonchev–Trinajstić information content (AvgIpc) is 3.07. The third kappa shape index (κ3) is 19.8. The molecular formula is C44H70O. The fourth-order valence-electron chi connectivity index (χ4n) is 6.33. The van der Waals surface area contributed by atoms with Gasteiger partial charge in [-0.05, 0) is 111 Å². The minimum Gasteiger partial charge on any atom is -0.457 e. The summed E-state index contributed by atoms with van der Waals surface area (Å²) < 4.78 is 6.22. The van der Waals surface area contributed by atoms with Crippen molar-refractivity contribution >= 4 is 0 Å². The average molecular weight is 615 g/mol. The molecule has 1 heteroatoms. The molecule has 0 radical (unpaired) electrons. The van der Waals surface area contributed by atoms with E-state index < -0.39 is 0 Å². The van der Waals surface area contributed by atoms with Crippen LogP contribution in [-0.2, 0) is 12.8 Å². The maximum absolute atomic E-state index is 6.22. The summed E-state index contributed by atoms with van der Waals surface area (Å²) >= 11 is 0. The zero-order valence-electron chi connectivity index (χ0n) is 30.0. The summed E-state index contributed by atoms with van der Waals surface area (Å²) in [5, 5.41) is 0. The molecule has 2 aromatic carbocycles. The Morgan fingerprint density at radius 3 is 1.13 bits per heavy atom. The first-order valence-corrected chi connectivity index (χ1v) is 19.3. The van der Waals surface area contributed by atoms with Crippen LogP contribution in [-0.4, -0.2) is 0 Å². The second kappa shape index (κ2) is 26.9. The minimum atomic E-state index is 0.774. The van der Waals surface area contributed by atoms with Crippen molar-refractivity contribution in [3.63, 3.8) is 0 Å². The van der Waals surface area contributed by atoms with Crippen LogP contribution in [0.25, 0.3) is 0 Å². The number of allylic oxidation sites excluding steroid dienone is 4. The Hall–Kier alpha value is -2.28. The molecule has 45 heavy (non-hydrogen) atoms. The molecular weight excluding hydrogens is 544 g/mol. The molecule has 0 aliphatic heterocycles. The van der Waals surface area contributed by atoms with Crippen LogP contribution in [0.2, 0.25) is 0 Å². The summed E-state index contributed by atoms with van der Waals surface area (Å²) in [6, 6.07) is 17.7. The standard InChI is InChI=1S/C44H70O/c1-5-9-11-13-15-17-19-21-23-25-27-39(7-3)37-41-29-33-43(34-30-41)45-44-35-31-42(32-36-44)38-40(8-4)28-26-24-22-20-18-16-14-12-10-6-2/h17-20,29-36,39-40H,5-16,21-28,37-38H2,1-4H3/b19-17-,20-18-. The van der Waals surface area contributed by atoms with Crippen molar-refractivity contribution in [3.05, 3.63) is 84.0 Å². The molecule has 252 valence electrons. The second-order valence-corrected chi connectivity index (χ2v) is 13.6. The number of ether oxygens (including phenoxy) is 1. The van der Waals surface area contributed by atoms with Crippen LogP contribution < -0.4 is 4.74 Å². The summed E-state index contributed by atoms with van der Waals surface area (Å²) in [7, 11) is 0. The Morgan fingerprint density at radius 2 is 0.800 bits per heavy atom. The fraction of sp³-hybridized carbons (Fsp3) is 0.636. The molecule has 0 spiro atoms. The molecule has 0 aliphatic carbocycles. The van der Waals surface area contributed by atoms with Gasteiger partial charge in [-0.25, -0.2) is 0 Å². The molecule has 0 saturated carbocycles. The quantitative estimate of drug-likeness (QED) is 0.0684.